The Hall–Kier alpha value is -2.41. The van der Waals surface area contributed by atoms with Crippen molar-refractivity contribution in [1.29, 1.82) is 0 Å². The third-order valence-corrected chi connectivity index (χ3v) is 3.81. The van der Waals surface area contributed by atoms with Crippen LogP contribution in [0.2, 0.25) is 0 Å². The topological polar surface area (TPSA) is 49.2 Å². The highest BCUT2D eigenvalue weighted by atomic mass is 79.9. The first-order chi connectivity index (χ1) is 10.7. The van der Waals surface area contributed by atoms with Crippen molar-refractivity contribution in [3.63, 3.8) is 0 Å². The van der Waals surface area contributed by atoms with Crippen molar-refractivity contribution in [3.05, 3.63) is 53.0 Å². The fraction of sp³-hybridized carbons (Fsp3) is 0.0667. The standard InChI is InChI=1S/C15H9BrFN3O2/c16-10-2-3-12(11(17)6-10)20-15(18-7-19-20)9-1-4-13-14(5-9)22-8-21-13/h1-7H,8H2. The zero-order chi connectivity index (χ0) is 15.1. The number of aromatic nitrogens is 3. The van der Waals surface area contributed by atoms with Gasteiger partial charge in [0, 0.05) is 10.0 Å². The second-order valence-electron chi connectivity index (χ2n) is 4.66. The second kappa shape index (κ2) is 5.10. The van der Waals surface area contributed by atoms with Crippen LogP contribution >= 0.6 is 15.9 Å². The molecule has 2 aromatic carbocycles. The monoisotopic (exact) mass is 361 g/mol. The molecule has 110 valence electrons. The van der Waals surface area contributed by atoms with E-state index in [0.29, 0.717) is 27.5 Å². The van der Waals surface area contributed by atoms with Gasteiger partial charge in [-0.1, -0.05) is 15.9 Å². The molecular formula is C15H9BrFN3O2. The molecule has 0 spiro atoms. The van der Waals surface area contributed by atoms with E-state index in [2.05, 4.69) is 26.0 Å². The number of fused-ring (bicyclic) bond motifs is 1. The van der Waals surface area contributed by atoms with Gasteiger partial charge in [-0.2, -0.15) is 5.10 Å². The molecule has 2 heterocycles. The minimum absolute atomic E-state index is 0.201. The summed E-state index contributed by atoms with van der Waals surface area (Å²) in [6.45, 7) is 0.201. The van der Waals surface area contributed by atoms with E-state index in [-0.39, 0.29) is 12.6 Å². The van der Waals surface area contributed by atoms with Gasteiger partial charge in [0.25, 0.3) is 0 Å². The van der Waals surface area contributed by atoms with E-state index in [1.807, 2.05) is 6.07 Å². The van der Waals surface area contributed by atoms with Crippen LogP contribution in [0, 0.1) is 5.82 Å². The van der Waals surface area contributed by atoms with Crippen molar-refractivity contribution in [2.24, 2.45) is 0 Å². The summed E-state index contributed by atoms with van der Waals surface area (Å²) in [7, 11) is 0. The van der Waals surface area contributed by atoms with Crippen LogP contribution in [0.4, 0.5) is 4.39 Å². The average Bonchev–Trinajstić information content (AvgIpc) is 3.15. The van der Waals surface area contributed by atoms with Crippen molar-refractivity contribution >= 4 is 15.9 Å². The molecule has 0 bridgehead atoms. The summed E-state index contributed by atoms with van der Waals surface area (Å²) < 4.78 is 26.9. The van der Waals surface area contributed by atoms with Crippen LogP contribution in [-0.4, -0.2) is 21.6 Å². The Kier molecular flexibility index (Phi) is 3.07. The molecule has 3 aromatic rings. The zero-order valence-electron chi connectivity index (χ0n) is 11.2. The molecule has 0 aliphatic carbocycles. The van der Waals surface area contributed by atoms with Gasteiger partial charge in [-0.05, 0) is 36.4 Å². The fourth-order valence-corrected chi connectivity index (χ4v) is 2.64. The summed E-state index contributed by atoms with van der Waals surface area (Å²) in [6, 6.07) is 10.2. The van der Waals surface area contributed by atoms with Crippen LogP contribution in [0.25, 0.3) is 17.1 Å². The lowest BCUT2D eigenvalue weighted by Gasteiger charge is -2.08. The van der Waals surface area contributed by atoms with Crippen LogP contribution in [0.15, 0.2) is 47.2 Å². The second-order valence-corrected chi connectivity index (χ2v) is 5.57. The normalized spacial score (nSPS) is 12.6. The molecule has 0 fully saturated rings. The SMILES string of the molecule is Fc1cc(Br)ccc1-n1ncnc1-c1ccc2c(c1)OCO2. The van der Waals surface area contributed by atoms with Gasteiger partial charge in [-0.15, -0.1) is 0 Å². The van der Waals surface area contributed by atoms with Crippen molar-refractivity contribution in [3.8, 4) is 28.6 Å². The number of benzene rings is 2. The van der Waals surface area contributed by atoms with E-state index >= 15 is 0 Å². The van der Waals surface area contributed by atoms with Gasteiger partial charge in [0.1, 0.15) is 17.8 Å². The number of rotatable bonds is 2. The Bertz CT molecular complexity index is 866. The smallest absolute Gasteiger partial charge is 0.231 e. The van der Waals surface area contributed by atoms with Crippen molar-refractivity contribution in [1.82, 2.24) is 14.8 Å². The van der Waals surface area contributed by atoms with Crippen molar-refractivity contribution in [2.45, 2.75) is 0 Å². The molecule has 1 aromatic heterocycles. The predicted molar refractivity (Wildman–Crippen MR) is 80.6 cm³/mol. The number of halogens is 2. The van der Waals surface area contributed by atoms with Gasteiger partial charge < -0.3 is 9.47 Å². The molecule has 1 aliphatic heterocycles. The quantitative estimate of drug-likeness (QED) is 0.700. The molecule has 0 atom stereocenters. The van der Waals surface area contributed by atoms with E-state index in [1.165, 1.54) is 17.1 Å². The largest absolute Gasteiger partial charge is 0.454 e. The van der Waals surface area contributed by atoms with Crippen LogP contribution in [-0.2, 0) is 0 Å². The maximum Gasteiger partial charge on any atom is 0.231 e. The predicted octanol–water partition coefficient (Wildman–Crippen LogP) is 3.56. The lowest BCUT2D eigenvalue weighted by Crippen LogP contribution is -2.02. The van der Waals surface area contributed by atoms with Crippen molar-refractivity contribution < 1.29 is 13.9 Å². The van der Waals surface area contributed by atoms with Gasteiger partial charge in [-0.3, -0.25) is 0 Å². The molecular weight excluding hydrogens is 353 g/mol. The van der Waals surface area contributed by atoms with E-state index in [4.69, 9.17) is 9.47 Å². The van der Waals surface area contributed by atoms with Crippen LogP contribution < -0.4 is 9.47 Å². The van der Waals surface area contributed by atoms with Gasteiger partial charge >= 0.3 is 0 Å². The molecule has 7 heteroatoms. The highest BCUT2D eigenvalue weighted by Gasteiger charge is 2.18. The highest BCUT2D eigenvalue weighted by molar-refractivity contribution is 9.10. The van der Waals surface area contributed by atoms with Crippen LogP contribution in [0.5, 0.6) is 11.5 Å². The van der Waals surface area contributed by atoms with Gasteiger partial charge in [0.15, 0.2) is 17.3 Å². The van der Waals surface area contributed by atoms with Gasteiger partial charge in [0.2, 0.25) is 6.79 Å². The minimum Gasteiger partial charge on any atom is -0.454 e. The molecule has 1 aliphatic rings. The summed E-state index contributed by atoms with van der Waals surface area (Å²) in [4.78, 5) is 4.23. The Morgan fingerprint density at radius 3 is 2.82 bits per heavy atom. The average molecular weight is 362 g/mol. The molecule has 0 radical (unpaired) electrons. The molecule has 0 N–H and O–H groups in total. The molecule has 5 nitrogen and oxygen atoms in total. The molecule has 4 rings (SSSR count). The fourth-order valence-electron chi connectivity index (χ4n) is 2.30. The third kappa shape index (κ3) is 2.14. The number of nitrogens with zero attached hydrogens (tertiary/aromatic N) is 3. The molecule has 22 heavy (non-hydrogen) atoms. The van der Waals surface area contributed by atoms with E-state index in [0.717, 1.165) is 5.56 Å². The first-order valence-electron chi connectivity index (χ1n) is 6.48. The van der Waals surface area contributed by atoms with Crippen molar-refractivity contribution in [2.75, 3.05) is 6.79 Å². The van der Waals surface area contributed by atoms with E-state index in [1.54, 1.807) is 24.3 Å². The first-order valence-corrected chi connectivity index (χ1v) is 7.27. The molecule has 0 amide bonds. The summed E-state index contributed by atoms with van der Waals surface area (Å²) in [5.74, 6) is 1.47. The van der Waals surface area contributed by atoms with Crippen LogP contribution in [0.3, 0.4) is 0 Å². The Labute approximate surface area is 133 Å². The minimum atomic E-state index is -0.387. The summed E-state index contributed by atoms with van der Waals surface area (Å²) in [6.07, 6.45) is 1.39. The zero-order valence-corrected chi connectivity index (χ0v) is 12.7. The Balaban J connectivity index is 1.83. The Morgan fingerprint density at radius 2 is 1.95 bits per heavy atom. The summed E-state index contributed by atoms with van der Waals surface area (Å²) in [5, 5.41) is 4.13. The molecule has 0 unspecified atom stereocenters. The maximum absolute atomic E-state index is 14.2. The lowest BCUT2D eigenvalue weighted by atomic mass is 10.2. The van der Waals surface area contributed by atoms with Gasteiger partial charge in [0.05, 0.1) is 0 Å². The summed E-state index contributed by atoms with van der Waals surface area (Å²) >= 11 is 3.24. The maximum atomic E-state index is 14.2. The number of ether oxygens (including phenoxy) is 2. The van der Waals surface area contributed by atoms with E-state index in [9.17, 15) is 4.39 Å². The van der Waals surface area contributed by atoms with E-state index < -0.39 is 0 Å². The third-order valence-electron chi connectivity index (χ3n) is 3.32. The summed E-state index contributed by atoms with van der Waals surface area (Å²) in [5.41, 5.74) is 1.09. The first kappa shape index (κ1) is 13.3. The van der Waals surface area contributed by atoms with Gasteiger partial charge in [-0.25, -0.2) is 14.1 Å². The highest BCUT2D eigenvalue weighted by Crippen LogP contribution is 2.35. The molecule has 0 saturated carbocycles. The van der Waals surface area contributed by atoms with Crippen LogP contribution in [0.1, 0.15) is 0 Å². The number of hydrogen-bond acceptors (Lipinski definition) is 4. The number of hydrogen-bond donors (Lipinski definition) is 0. The molecule has 0 saturated heterocycles. The Morgan fingerprint density at radius 1 is 1.09 bits per heavy atom. The lowest BCUT2D eigenvalue weighted by molar-refractivity contribution is 0.174.